The van der Waals surface area contributed by atoms with Crippen molar-refractivity contribution in [3.05, 3.63) is 72.9 Å². The van der Waals surface area contributed by atoms with Crippen molar-refractivity contribution in [2.75, 3.05) is 0 Å². The van der Waals surface area contributed by atoms with Crippen LogP contribution < -0.4 is 4.74 Å². The predicted octanol–water partition coefficient (Wildman–Crippen LogP) is 3.04. The molecule has 0 bridgehead atoms. The van der Waals surface area contributed by atoms with Gasteiger partial charge in [0.2, 0.25) is 0 Å². The molecule has 0 amide bonds. The Kier molecular flexibility index (Phi) is 3.91. The molecule has 0 radical (unpaired) electrons. The summed E-state index contributed by atoms with van der Waals surface area (Å²) in [6.45, 7) is 0.0717. The molecule has 0 spiro atoms. The van der Waals surface area contributed by atoms with E-state index in [1.165, 1.54) is 12.4 Å². The van der Waals surface area contributed by atoms with E-state index in [4.69, 9.17) is 9.15 Å². The van der Waals surface area contributed by atoms with Crippen LogP contribution in [0.25, 0.3) is 17.1 Å². The topological polar surface area (TPSA) is 78.9 Å². The maximum atomic E-state index is 13.7. The molecule has 0 aliphatic rings. The van der Waals surface area contributed by atoms with E-state index in [9.17, 15) is 4.39 Å². The first-order valence-corrected chi connectivity index (χ1v) is 7.45. The molecule has 2 aromatic carbocycles. The van der Waals surface area contributed by atoms with Crippen LogP contribution in [0.3, 0.4) is 0 Å². The first-order valence-electron chi connectivity index (χ1n) is 7.45. The average molecular weight is 337 g/mol. The van der Waals surface area contributed by atoms with Gasteiger partial charge < -0.3 is 9.15 Å². The Balaban J connectivity index is 1.48. The first kappa shape index (κ1) is 15.0. The molecule has 0 aliphatic carbocycles. The number of benzene rings is 2. The number of ether oxygens (including phenoxy) is 1. The molecule has 0 atom stereocenters. The van der Waals surface area contributed by atoms with E-state index in [2.05, 4.69) is 20.3 Å². The number of nitrogens with zero attached hydrogens (tertiary/aromatic N) is 5. The number of hydrogen-bond acceptors (Lipinski definition) is 6. The lowest BCUT2D eigenvalue weighted by atomic mass is 10.2. The first-order chi connectivity index (χ1) is 12.3. The molecule has 0 fully saturated rings. The lowest BCUT2D eigenvalue weighted by Gasteiger charge is -2.05. The molecule has 0 unspecified atom stereocenters. The molecule has 4 aromatic rings. The number of halogens is 1. The summed E-state index contributed by atoms with van der Waals surface area (Å²) in [7, 11) is 0. The van der Waals surface area contributed by atoms with E-state index < -0.39 is 5.82 Å². The van der Waals surface area contributed by atoms with Crippen LogP contribution in [0.1, 0.15) is 5.89 Å². The third-order valence-corrected chi connectivity index (χ3v) is 3.43. The fraction of sp³-hybridized carbons (Fsp3) is 0.0588. The number of aromatic nitrogens is 5. The van der Waals surface area contributed by atoms with Gasteiger partial charge in [-0.1, -0.05) is 18.2 Å². The second-order valence-electron chi connectivity index (χ2n) is 5.11. The van der Waals surface area contributed by atoms with Crippen molar-refractivity contribution in [1.29, 1.82) is 0 Å². The molecule has 0 saturated heterocycles. The second-order valence-corrected chi connectivity index (χ2v) is 5.11. The maximum Gasteiger partial charge on any atom is 0.254 e. The Morgan fingerprint density at radius 2 is 2.00 bits per heavy atom. The monoisotopic (exact) mass is 337 g/mol. The van der Waals surface area contributed by atoms with Crippen molar-refractivity contribution < 1.29 is 13.5 Å². The van der Waals surface area contributed by atoms with Crippen molar-refractivity contribution in [2.45, 2.75) is 6.61 Å². The summed E-state index contributed by atoms with van der Waals surface area (Å²) in [5.74, 6) is 0.565. The van der Waals surface area contributed by atoms with Gasteiger partial charge in [-0.15, -0.1) is 10.2 Å². The minimum absolute atomic E-state index is 0.0717. The van der Waals surface area contributed by atoms with Crippen LogP contribution in [0.15, 0.2) is 65.6 Å². The Morgan fingerprint density at radius 3 is 2.84 bits per heavy atom. The van der Waals surface area contributed by atoms with Gasteiger partial charge in [0.05, 0.1) is 11.3 Å². The zero-order chi connectivity index (χ0) is 17.1. The minimum Gasteiger partial charge on any atom is -0.484 e. The lowest BCUT2D eigenvalue weighted by molar-refractivity contribution is 0.264. The van der Waals surface area contributed by atoms with Gasteiger partial charge in [-0.05, 0) is 24.3 Å². The van der Waals surface area contributed by atoms with Crippen molar-refractivity contribution in [2.24, 2.45) is 0 Å². The molecule has 8 heteroatoms. The Hall–Kier alpha value is -3.55. The van der Waals surface area contributed by atoms with Crippen LogP contribution >= 0.6 is 0 Å². The third kappa shape index (κ3) is 3.23. The minimum atomic E-state index is -0.417. The van der Waals surface area contributed by atoms with E-state index >= 15 is 0 Å². The SMILES string of the molecule is Fc1ccccc1-c1nnc(COc2cccc(-n3cncn3)c2)o1. The highest BCUT2D eigenvalue weighted by molar-refractivity contribution is 5.53. The van der Waals surface area contributed by atoms with E-state index in [0.717, 1.165) is 5.69 Å². The Morgan fingerprint density at radius 1 is 1.08 bits per heavy atom. The van der Waals surface area contributed by atoms with Crippen molar-refractivity contribution in [3.8, 4) is 22.9 Å². The highest BCUT2D eigenvalue weighted by Gasteiger charge is 2.12. The average Bonchev–Trinajstić information content (AvgIpc) is 3.33. The van der Waals surface area contributed by atoms with Crippen LogP contribution in [-0.2, 0) is 6.61 Å². The summed E-state index contributed by atoms with van der Waals surface area (Å²) < 4.78 is 26.5. The van der Waals surface area contributed by atoms with Crippen LogP contribution in [0.2, 0.25) is 0 Å². The molecule has 2 heterocycles. The summed E-state index contributed by atoms with van der Waals surface area (Å²) in [5.41, 5.74) is 1.07. The summed E-state index contributed by atoms with van der Waals surface area (Å²) in [6, 6.07) is 13.5. The summed E-state index contributed by atoms with van der Waals surface area (Å²) in [6.07, 6.45) is 3.05. The van der Waals surface area contributed by atoms with Crippen molar-refractivity contribution in [3.63, 3.8) is 0 Å². The van der Waals surface area contributed by atoms with Gasteiger partial charge in [-0.3, -0.25) is 0 Å². The highest BCUT2D eigenvalue weighted by Crippen LogP contribution is 2.22. The normalized spacial score (nSPS) is 10.8. The van der Waals surface area contributed by atoms with E-state index in [-0.39, 0.29) is 24.0 Å². The van der Waals surface area contributed by atoms with Gasteiger partial charge in [-0.2, -0.15) is 5.10 Å². The lowest BCUT2D eigenvalue weighted by Crippen LogP contribution is -1.98. The fourth-order valence-electron chi connectivity index (χ4n) is 2.26. The second kappa shape index (κ2) is 6.52. The van der Waals surface area contributed by atoms with Crippen molar-refractivity contribution >= 4 is 0 Å². The fourth-order valence-corrected chi connectivity index (χ4v) is 2.26. The van der Waals surface area contributed by atoms with Gasteiger partial charge in [0, 0.05) is 6.07 Å². The molecule has 0 saturated carbocycles. The zero-order valence-electron chi connectivity index (χ0n) is 12.9. The van der Waals surface area contributed by atoms with Gasteiger partial charge in [0.1, 0.15) is 24.2 Å². The third-order valence-electron chi connectivity index (χ3n) is 3.43. The molecule has 0 aliphatic heterocycles. The molecule has 4 rings (SSSR count). The predicted molar refractivity (Wildman–Crippen MR) is 85.4 cm³/mol. The van der Waals surface area contributed by atoms with Gasteiger partial charge >= 0.3 is 0 Å². The van der Waals surface area contributed by atoms with Gasteiger partial charge in [-0.25, -0.2) is 14.1 Å². The van der Waals surface area contributed by atoms with Crippen LogP contribution in [0, 0.1) is 5.82 Å². The molecule has 25 heavy (non-hydrogen) atoms. The molecular formula is C17H12FN5O2. The van der Waals surface area contributed by atoms with E-state index in [0.29, 0.717) is 5.75 Å². The van der Waals surface area contributed by atoms with E-state index in [1.54, 1.807) is 35.3 Å². The Labute approximate surface area is 141 Å². The summed E-state index contributed by atoms with van der Waals surface area (Å²) in [4.78, 5) is 3.91. The number of rotatable bonds is 5. The zero-order valence-corrected chi connectivity index (χ0v) is 12.9. The molecular weight excluding hydrogens is 325 g/mol. The molecule has 0 N–H and O–H groups in total. The van der Waals surface area contributed by atoms with Crippen LogP contribution in [0.4, 0.5) is 4.39 Å². The smallest absolute Gasteiger partial charge is 0.254 e. The summed E-state index contributed by atoms with van der Waals surface area (Å²) in [5, 5.41) is 11.8. The van der Waals surface area contributed by atoms with Gasteiger partial charge in [0.25, 0.3) is 11.8 Å². The maximum absolute atomic E-state index is 13.7. The van der Waals surface area contributed by atoms with E-state index in [1.807, 2.05) is 18.2 Å². The summed E-state index contributed by atoms with van der Waals surface area (Å²) >= 11 is 0. The van der Waals surface area contributed by atoms with Crippen LogP contribution in [-0.4, -0.2) is 25.0 Å². The standard InChI is InChI=1S/C17H12FN5O2/c18-15-7-2-1-6-14(15)17-22-21-16(25-17)9-24-13-5-3-4-12(8-13)23-11-19-10-20-23/h1-8,10-11H,9H2. The van der Waals surface area contributed by atoms with Crippen LogP contribution in [0.5, 0.6) is 5.75 Å². The molecule has 124 valence electrons. The van der Waals surface area contributed by atoms with Crippen molar-refractivity contribution in [1.82, 2.24) is 25.0 Å². The molecule has 7 nitrogen and oxygen atoms in total. The number of hydrogen-bond donors (Lipinski definition) is 0. The Bertz CT molecular complexity index is 984. The van der Waals surface area contributed by atoms with Gasteiger partial charge in [0.15, 0.2) is 6.61 Å². The molecule has 2 aromatic heterocycles. The quantitative estimate of drug-likeness (QED) is 0.557. The largest absolute Gasteiger partial charge is 0.484 e. The highest BCUT2D eigenvalue weighted by atomic mass is 19.1.